The maximum atomic E-state index is 13.2. The van der Waals surface area contributed by atoms with Gasteiger partial charge in [-0.05, 0) is 18.4 Å². The van der Waals surface area contributed by atoms with Gasteiger partial charge in [-0.15, -0.1) is 0 Å². The van der Waals surface area contributed by atoms with Gasteiger partial charge < -0.3 is 0 Å². The summed E-state index contributed by atoms with van der Waals surface area (Å²) in [6.45, 7) is 0.0323. The Kier molecular flexibility index (Phi) is 6.41. The van der Waals surface area contributed by atoms with E-state index in [0.717, 1.165) is 6.92 Å². The molecule has 2 unspecified atom stereocenters. The average Bonchev–Trinajstić information content (AvgIpc) is 2.35. The number of hydrogen-bond acceptors (Lipinski definition) is 0. The minimum absolute atomic E-state index is 0.589. The number of rotatable bonds is 8. The highest BCUT2D eigenvalue weighted by atomic mass is 19.3. The highest BCUT2D eigenvalue weighted by molar-refractivity contribution is 5.05. The molecule has 9 heteroatoms. The van der Waals surface area contributed by atoms with Crippen LogP contribution in [0.1, 0.15) is 19.8 Å². The normalized spacial score (nSPS) is 17.5. The Hall–Kier alpha value is -0.890. The number of allylic oxidation sites excluding steroid dienone is 1. The molecule has 0 saturated carbocycles. The van der Waals surface area contributed by atoms with Crippen molar-refractivity contribution in [2.45, 2.75) is 43.7 Å². The van der Waals surface area contributed by atoms with Gasteiger partial charge in [0, 0.05) is 6.42 Å². The van der Waals surface area contributed by atoms with Crippen LogP contribution in [0, 0.1) is 5.92 Å². The third-order valence-corrected chi connectivity index (χ3v) is 2.68. The van der Waals surface area contributed by atoms with E-state index >= 15 is 0 Å². The van der Waals surface area contributed by atoms with E-state index in [0.29, 0.717) is 0 Å². The standard InChI is InChI=1S/C11H13F9/c1-7(6-13)2-4-9(15,16)11(19,20)10(17,18)8(14)3-5-12/h3,5,7-8H,2,4,6H2,1H3. The summed E-state index contributed by atoms with van der Waals surface area (Å²) < 4.78 is 115. The molecule has 2 atom stereocenters. The largest absolute Gasteiger partial charge is 0.375 e. The summed E-state index contributed by atoms with van der Waals surface area (Å²) in [5.74, 6) is -18.1. The van der Waals surface area contributed by atoms with Crippen molar-refractivity contribution >= 4 is 0 Å². The van der Waals surface area contributed by atoms with E-state index in [1.807, 2.05) is 0 Å². The maximum absolute atomic E-state index is 13.2. The molecule has 0 aromatic rings. The van der Waals surface area contributed by atoms with Crippen molar-refractivity contribution in [1.82, 2.24) is 0 Å². The van der Waals surface area contributed by atoms with E-state index in [2.05, 4.69) is 0 Å². The summed E-state index contributed by atoms with van der Waals surface area (Å²) in [6, 6.07) is 0. The summed E-state index contributed by atoms with van der Waals surface area (Å²) in [5.41, 5.74) is 0. The van der Waals surface area contributed by atoms with Crippen LogP contribution in [0.4, 0.5) is 39.5 Å². The lowest BCUT2D eigenvalue weighted by Gasteiger charge is -2.34. The second-order valence-electron chi connectivity index (χ2n) is 4.42. The zero-order valence-electron chi connectivity index (χ0n) is 10.3. The van der Waals surface area contributed by atoms with Crippen LogP contribution < -0.4 is 0 Å². The third kappa shape index (κ3) is 3.82. The molecule has 20 heavy (non-hydrogen) atoms. The molecule has 0 fully saturated rings. The Morgan fingerprint density at radius 2 is 1.55 bits per heavy atom. The number of alkyl halides is 8. The highest BCUT2D eigenvalue weighted by Crippen LogP contribution is 2.50. The van der Waals surface area contributed by atoms with Crippen molar-refractivity contribution in [2.24, 2.45) is 5.92 Å². The summed E-state index contributed by atoms with van der Waals surface area (Å²) in [7, 11) is 0. The Labute approximate surface area is 109 Å². The van der Waals surface area contributed by atoms with E-state index in [9.17, 15) is 39.5 Å². The van der Waals surface area contributed by atoms with Crippen LogP contribution in [0.2, 0.25) is 0 Å². The second-order valence-corrected chi connectivity index (χ2v) is 4.42. The van der Waals surface area contributed by atoms with Crippen molar-refractivity contribution in [3.63, 3.8) is 0 Å². The predicted octanol–water partition coefficient (Wildman–Crippen LogP) is 5.10. The van der Waals surface area contributed by atoms with Gasteiger partial charge in [0.2, 0.25) is 0 Å². The van der Waals surface area contributed by atoms with E-state index in [-0.39, 0.29) is 0 Å². The molecular formula is C11H13F9. The topological polar surface area (TPSA) is 0 Å². The Bertz CT molecular complexity index is 324. The molecule has 0 aliphatic heterocycles. The zero-order chi connectivity index (χ0) is 16.2. The van der Waals surface area contributed by atoms with Crippen LogP contribution in [-0.2, 0) is 0 Å². The summed E-state index contributed by atoms with van der Waals surface area (Å²) in [6.07, 6.45) is -7.81. The van der Waals surface area contributed by atoms with E-state index in [1.165, 1.54) is 0 Å². The minimum Gasteiger partial charge on any atom is -0.251 e. The van der Waals surface area contributed by atoms with Crippen molar-refractivity contribution in [1.29, 1.82) is 0 Å². The van der Waals surface area contributed by atoms with Crippen LogP contribution >= 0.6 is 0 Å². The molecule has 0 rings (SSSR count). The summed E-state index contributed by atoms with van der Waals surface area (Å²) in [5, 5.41) is 0. The van der Waals surface area contributed by atoms with Gasteiger partial charge >= 0.3 is 17.8 Å². The molecule has 0 saturated heterocycles. The number of hydrogen-bond donors (Lipinski definition) is 0. The molecule has 0 heterocycles. The first kappa shape index (κ1) is 19.1. The van der Waals surface area contributed by atoms with E-state index in [1.54, 1.807) is 0 Å². The fraction of sp³-hybridized carbons (Fsp3) is 0.818. The molecule has 120 valence electrons. The lowest BCUT2D eigenvalue weighted by atomic mass is 9.94. The number of halogens is 9. The van der Waals surface area contributed by atoms with Crippen LogP contribution in [0.25, 0.3) is 0 Å². The minimum atomic E-state index is -6.03. The van der Waals surface area contributed by atoms with Crippen molar-refractivity contribution in [3.05, 3.63) is 12.4 Å². The summed E-state index contributed by atoms with van der Waals surface area (Å²) >= 11 is 0. The lowest BCUT2D eigenvalue weighted by molar-refractivity contribution is -0.322. The average molecular weight is 316 g/mol. The van der Waals surface area contributed by atoms with Crippen LogP contribution in [0.3, 0.4) is 0 Å². The molecule has 0 aliphatic rings. The first-order valence-corrected chi connectivity index (χ1v) is 5.54. The molecule has 0 N–H and O–H groups in total. The van der Waals surface area contributed by atoms with Crippen molar-refractivity contribution < 1.29 is 39.5 Å². The molecule has 0 radical (unpaired) electrons. The van der Waals surface area contributed by atoms with Gasteiger partial charge in [0.1, 0.15) is 0 Å². The fourth-order valence-corrected chi connectivity index (χ4v) is 1.26. The highest BCUT2D eigenvalue weighted by Gasteiger charge is 2.73. The molecule has 0 amide bonds. The van der Waals surface area contributed by atoms with Gasteiger partial charge in [0.25, 0.3) is 0 Å². The van der Waals surface area contributed by atoms with Gasteiger partial charge in [-0.1, -0.05) is 6.92 Å². The predicted molar refractivity (Wildman–Crippen MR) is 54.4 cm³/mol. The van der Waals surface area contributed by atoms with E-state index in [4.69, 9.17) is 0 Å². The fourth-order valence-electron chi connectivity index (χ4n) is 1.26. The third-order valence-electron chi connectivity index (χ3n) is 2.68. The molecule has 0 aliphatic carbocycles. The van der Waals surface area contributed by atoms with Gasteiger partial charge in [-0.25, -0.2) is 8.78 Å². The molecule has 0 aromatic heterocycles. The lowest BCUT2D eigenvalue weighted by Crippen LogP contribution is -2.58. The van der Waals surface area contributed by atoms with Crippen LogP contribution in [0.5, 0.6) is 0 Å². The summed E-state index contributed by atoms with van der Waals surface area (Å²) in [4.78, 5) is 0. The smallest absolute Gasteiger partial charge is 0.251 e. The maximum Gasteiger partial charge on any atom is 0.375 e. The van der Waals surface area contributed by atoms with Crippen molar-refractivity contribution in [2.75, 3.05) is 6.67 Å². The Morgan fingerprint density at radius 3 is 1.95 bits per heavy atom. The van der Waals surface area contributed by atoms with E-state index < -0.39 is 61.8 Å². The molecule has 0 bridgehead atoms. The SMILES string of the molecule is CC(CF)CCC(F)(F)C(F)(F)C(F)(F)C(F)C=CF. The monoisotopic (exact) mass is 316 g/mol. The van der Waals surface area contributed by atoms with Gasteiger partial charge in [-0.3, -0.25) is 4.39 Å². The first-order chi connectivity index (χ1) is 8.94. The Morgan fingerprint density at radius 1 is 1.05 bits per heavy atom. The second kappa shape index (κ2) is 6.71. The molecular weight excluding hydrogens is 303 g/mol. The van der Waals surface area contributed by atoms with Gasteiger partial charge in [-0.2, -0.15) is 26.3 Å². The van der Waals surface area contributed by atoms with Gasteiger partial charge in [0.05, 0.1) is 13.0 Å². The quantitative estimate of drug-likeness (QED) is 0.547. The zero-order valence-corrected chi connectivity index (χ0v) is 10.3. The molecule has 0 spiro atoms. The van der Waals surface area contributed by atoms with Crippen LogP contribution in [0.15, 0.2) is 12.4 Å². The van der Waals surface area contributed by atoms with Gasteiger partial charge in [0.15, 0.2) is 6.17 Å². The first-order valence-electron chi connectivity index (χ1n) is 5.54. The van der Waals surface area contributed by atoms with Crippen molar-refractivity contribution in [3.8, 4) is 0 Å². The van der Waals surface area contributed by atoms with Crippen LogP contribution in [-0.4, -0.2) is 30.6 Å². The molecule has 0 aromatic carbocycles. The Balaban J connectivity index is 5.16. The molecule has 0 nitrogen and oxygen atoms in total.